The van der Waals surface area contributed by atoms with Crippen molar-refractivity contribution < 1.29 is 13.2 Å². The number of anilines is 1. The van der Waals surface area contributed by atoms with Crippen molar-refractivity contribution in [2.75, 3.05) is 4.31 Å². The molecule has 0 radical (unpaired) electrons. The summed E-state index contributed by atoms with van der Waals surface area (Å²) in [5, 5.41) is 0. The number of nitrogens with zero attached hydrogens (tertiary/aromatic N) is 1. The summed E-state index contributed by atoms with van der Waals surface area (Å²) >= 11 is 0. The van der Waals surface area contributed by atoms with Gasteiger partial charge in [-0.3, -0.25) is 9.10 Å². The first-order valence-electron chi connectivity index (χ1n) is 12.1. The Morgan fingerprint density at radius 3 is 2.32 bits per heavy atom. The SMILES string of the molecule is CC1=CC[C@@]2(C(=O)[C@H]3CC=C(C)CC3(C)C)c3ccccc3N(S(=O)(=O)c3ccccc3)[C@H]2C1. The molecule has 0 N–H and O–H groups in total. The summed E-state index contributed by atoms with van der Waals surface area (Å²) in [4.78, 5) is 14.9. The van der Waals surface area contributed by atoms with Crippen LogP contribution in [0.5, 0.6) is 0 Å². The average Bonchev–Trinajstić information content (AvgIpc) is 3.10. The van der Waals surface area contributed by atoms with E-state index in [1.54, 1.807) is 28.6 Å². The lowest BCUT2D eigenvalue weighted by Crippen LogP contribution is -2.56. The van der Waals surface area contributed by atoms with E-state index in [1.807, 2.05) is 37.3 Å². The molecule has 5 heteroatoms. The molecule has 178 valence electrons. The minimum absolute atomic E-state index is 0.155. The Morgan fingerprint density at radius 1 is 0.941 bits per heavy atom. The molecule has 0 spiro atoms. The van der Waals surface area contributed by atoms with Crippen molar-refractivity contribution in [3.05, 3.63) is 83.5 Å². The lowest BCUT2D eigenvalue weighted by molar-refractivity contribution is -0.133. The van der Waals surface area contributed by atoms with Gasteiger partial charge in [-0.1, -0.05) is 73.5 Å². The topological polar surface area (TPSA) is 54.5 Å². The molecule has 0 aromatic heterocycles. The van der Waals surface area contributed by atoms with Crippen molar-refractivity contribution in [3.8, 4) is 0 Å². The molecule has 3 aliphatic rings. The van der Waals surface area contributed by atoms with Crippen LogP contribution in [0.3, 0.4) is 0 Å². The van der Waals surface area contributed by atoms with Crippen LogP contribution in [0.15, 0.2) is 82.8 Å². The van der Waals surface area contributed by atoms with E-state index >= 15 is 0 Å². The Labute approximate surface area is 203 Å². The molecule has 0 unspecified atom stereocenters. The lowest BCUT2D eigenvalue weighted by atomic mass is 9.57. The monoisotopic (exact) mass is 475 g/mol. The Hall–Kier alpha value is -2.66. The van der Waals surface area contributed by atoms with Crippen LogP contribution in [-0.4, -0.2) is 20.2 Å². The normalized spacial score (nSPS) is 27.9. The zero-order valence-corrected chi connectivity index (χ0v) is 21.2. The molecule has 34 heavy (non-hydrogen) atoms. The first-order valence-corrected chi connectivity index (χ1v) is 13.6. The average molecular weight is 476 g/mol. The fourth-order valence-corrected chi connectivity index (χ4v) is 8.28. The third-order valence-corrected chi connectivity index (χ3v) is 10.0. The molecule has 2 aromatic rings. The number of hydrogen-bond donors (Lipinski definition) is 0. The molecular formula is C29H33NO3S. The van der Waals surface area contributed by atoms with Crippen molar-refractivity contribution in [2.45, 2.75) is 69.7 Å². The Morgan fingerprint density at radius 2 is 1.62 bits per heavy atom. The molecule has 2 aromatic carbocycles. The number of allylic oxidation sites excluding steroid dienone is 3. The van der Waals surface area contributed by atoms with Gasteiger partial charge in [-0.25, -0.2) is 8.42 Å². The molecule has 3 atom stereocenters. The summed E-state index contributed by atoms with van der Waals surface area (Å²) in [7, 11) is -3.84. The quantitative estimate of drug-likeness (QED) is 0.495. The number of carbonyl (C=O) groups is 1. The zero-order chi connectivity index (χ0) is 24.3. The largest absolute Gasteiger partial charge is 0.298 e. The molecule has 5 rings (SSSR count). The predicted molar refractivity (Wildman–Crippen MR) is 136 cm³/mol. The van der Waals surface area contributed by atoms with E-state index < -0.39 is 21.5 Å². The minimum atomic E-state index is -3.84. The van der Waals surface area contributed by atoms with Gasteiger partial charge in [0.1, 0.15) is 5.78 Å². The van der Waals surface area contributed by atoms with Gasteiger partial charge in [0.15, 0.2) is 0 Å². The van der Waals surface area contributed by atoms with Gasteiger partial charge in [0.2, 0.25) is 0 Å². The maximum Gasteiger partial charge on any atom is 0.264 e. The third-order valence-electron chi connectivity index (χ3n) is 8.20. The number of carbonyl (C=O) groups excluding carboxylic acids is 1. The second-order valence-corrected chi connectivity index (χ2v) is 12.8. The van der Waals surface area contributed by atoms with Crippen molar-refractivity contribution in [1.29, 1.82) is 0 Å². The molecule has 0 saturated carbocycles. The van der Waals surface area contributed by atoms with Gasteiger partial charge in [-0.2, -0.15) is 0 Å². The van der Waals surface area contributed by atoms with E-state index in [4.69, 9.17) is 0 Å². The van der Waals surface area contributed by atoms with E-state index in [0.717, 1.165) is 17.6 Å². The third kappa shape index (κ3) is 3.31. The van der Waals surface area contributed by atoms with E-state index in [2.05, 4.69) is 32.9 Å². The molecule has 2 aliphatic carbocycles. The number of hydrogen-bond acceptors (Lipinski definition) is 3. The Balaban J connectivity index is 1.72. The van der Waals surface area contributed by atoms with Gasteiger partial charge < -0.3 is 0 Å². The molecule has 1 aliphatic heterocycles. The second kappa shape index (κ2) is 7.94. The summed E-state index contributed by atoms with van der Waals surface area (Å²) in [5.74, 6) is 0.0335. The van der Waals surface area contributed by atoms with Crippen molar-refractivity contribution in [1.82, 2.24) is 0 Å². The van der Waals surface area contributed by atoms with Crippen LogP contribution in [0.4, 0.5) is 5.69 Å². The molecule has 0 fully saturated rings. The molecule has 1 heterocycles. The fourth-order valence-electron chi connectivity index (χ4n) is 6.54. The highest BCUT2D eigenvalue weighted by atomic mass is 32.2. The van der Waals surface area contributed by atoms with E-state index in [0.29, 0.717) is 24.9 Å². The van der Waals surface area contributed by atoms with Gasteiger partial charge in [-0.05, 0) is 68.7 Å². The highest BCUT2D eigenvalue weighted by molar-refractivity contribution is 7.93. The second-order valence-electron chi connectivity index (χ2n) is 10.9. The molecule has 0 bridgehead atoms. The van der Waals surface area contributed by atoms with Gasteiger partial charge in [-0.15, -0.1) is 0 Å². The van der Waals surface area contributed by atoms with Gasteiger partial charge in [0.25, 0.3) is 10.0 Å². The summed E-state index contributed by atoms with van der Waals surface area (Å²) in [6, 6.07) is 15.8. The lowest BCUT2D eigenvalue weighted by Gasteiger charge is -2.46. The molecule has 4 nitrogen and oxygen atoms in total. The Bertz CT molecular complexity index is 1310. The highest BCUT2D eigenvalue weighted by Crippen LogP contribution is 2.57. The van der Waals surface area contributed by atoms with E-state index in [9.17, 15) is 13.2 Å². The first-order chi connectivity index (χ1) is 16.1. The standard InChI is InChI=1S/C29H33NO3S/c1-20-16-17-29(27(31)24-15-14-21(2)19-28(24,3)4)23-12-8-9-13-25(23)30(26(29)18-20)34(32,33)22-10-6-5-7-11-22/h5-14,16,24,26H,15,17-19H2,1-4H3/t24-,26+,29-/m1/s1. The van der Waals surface area contributed by atoms with Crippen molar-refractivity contribution >= 4 is 21.5 Å². The number of benzene rings is 2. The number of ketones is 1. The van der Waals surface area contributed by atoms with Crippen LogP contribution >= 0.6 is 0 Å². The zero-order valence-electron chi connectivity index (χ0n) is 20.4. The Kier molecular flexibility index (Phi) is 5.40. The van der Waals surface area contributed by atoms with E-state index in [-0.39, 0.29) is 22.0 Å². The van der Waals surface area contributed by atoms with Crippen LogP contribution in [0.1, 0.15) is 58.9 Å². The maximum absolute atomic E-state index is 14.7. The van der Waals surface area contributed by atoms with Crippen LogP contribution in [0, 0.1) is 11.3 Å². The van der Waals surface area contributed by atoms with Crippen molar-refractivity contribution in [3.63, 3.8) is 0 Å². The van der Waals surface area contributed by atoms with Crippen LogP contribution in [0.2, 0.25) is 0 Å². The summed E-state index contributed by atoms with van der Waals surface area (Å²) in [6.45, 7) is 8.54. The van der Waals surface area contributed by atoms with Gasteiger partial charge >= 0.3 is 0 Å². The number of sulfonamides is 1. The molecular weight excluding hydrogens is 442 g/mol. The predicted octanol–water partition coefficient (Wildman–Crippen LogP) is 6.19. The highest BCUT2D eigenvalue weighted by Gasteiger charge is 2.61. The summed E-state index contributed by atoms with van der Waals surface area (Å²) in [6.07, 6.45) is 7.03. The van der Waals surface area contributed by atoms with E-state index in [1.165, 1.54) is 5.57 Å². The van der Waals surface area contributed by atoms with Crippen LogP contribution < -0.4 is 4.31 Å². The van der Waals surface area contributed by atoms with Crippen molar-refractivity contribution in [2.24, 2.45) is 11.3 Å². The number of fused-ring (bicyclic) bond motifs is 3. The first kappa shape index (κ1) is 23.1. The number of rotatable bonds is 4. The van der Waals surface area contributed by atoms with Crippen LogP contribution in [-0.2, 0) is 20.2 Å². The smallest absolute Gasteiger partial charge is 0.264 e. The number of para-hydroxylation sites is 1. The fraction of sp³-hybridized carbons (Fsp3) is 0.414. The van der Waals surface area contributed by atoms with Gasteiger partial charge in [0, 0.05) is 5.92 Å². The molecule has 0 amide bonds. The maximum atomic E-state index is 14.7. The molecule has 0 saturated heterocycles. The van der Waals surface area contributed by atoms with Crippen LogP contribution in [0.25, 0.3) is 0 Å². The summed E-state index contributed by atoms with van der Waals surface area (Å²) in [5.41, 5.74) is 2.91. The summed E-state index contributed by atoms with van der Waals surface area (Å²) < 4.78 is 29.7. The van der Waals surface area contributed by atoms with Gasteiger partial charge in [0.05, 0.1) is 22.0 Å². The number of Topliss-reactive ketones (excluding diaryl/α,β-unsaturated/α-hetero) is 1. The minimum Gasteiger partial charge on any atom is -0.298 e.